The van der Waals surface area contributed by atoms with Gasteiger partial charge in [0.25, 0.3) is 0 Å². The Balaban J connectivity index is 2.64. The van der Waals surface area contributed by atoms with Gasteiger partial charge in [0.1, 0.15) is 0 Å². The van der Waals surface area contributed by atoms with Gasteiger partial charge >= 0.3 is 0 Å². The summed E-state index contributed by atoms with van der Waals surface area (Å²) in [6.07, 6.45) is 9.99. The molecule has 1 rings (SSSR count). The Hall–Kier alpha value is -0.303. The summed E-state index contributed by atoms with van der Waals surface area (Å²) >= 11 is 0. The van der Waals surface area contributed by atoms with Gasteiger partial charge in [0.2, 0.25) is 0 Å². The number of allylic oxidation sites excluding steroid dienone is 2. The maximum absolute atomic E-state index is 2.50. The van der Waals surface area contributed by atoms with E-state index >= 15 is 0 Å². The van der Waals surface area contributed by atoms with E-state index in [9.17, 15) is 0 Å². The molecule has 1 aliphatic heterocycles. The molecular weight excluding hydrogens is 172 g/mol. The van der Waals surface area contributed by atoms with Gasteiger partial charge in [0, 0.05) is 0 Å². The lowest BCUT2D eigenvalue weighted by molar-refractivity contribution is 0.495. The highest BCUT2D eigenvalue weighted by molar-refractivity contribution is 6.73. The zero-order valence-corrected chi connectivity index (χ0v) is 10.4. The van der Waals surface area contributed by atoms with Crippen LogP contribution in [0.2, 0.25) is 5.04 Å². The molecule has 0 aromatic carbocycles. The van der Waals surface area contributed by atoms with Gasteiger partial charge in [-0.3, -0.25) is 0 Å². The van der Waals surface area contributed by atoms with Crippen LogP contribution in [-0.2, 0) is 0 Å². The number of hydrogen-bond donors (Lipinski definition) is 0. The van der Waals surface area contributed by atoms with Crippen LogP contribution in [0.1, 0.15) is 46.5 Å². The van der Waals surface area contributed by atoms with E-state index in [2.05, 4.69) is 44.3 Å². The average Bonchev–Trinajstić information content (AvgIpc) is 2.57. The molecule has 1 heterocycles. The van der Waals surface area contributed by atoms with Crippen molar-refractivity contribution < 1.29 is 0 Å². The summed E-state index contributed by atoms with van der Waals surface area (Å²) in [5, 5.41) is 0.646. The quantitative estimate of drug-likeness (QED) is 0.584. The summed E-state index contributed by atoms with van der Waals surface area (Å²) in [5.41, 5.74) is 4.98. The molecule has 0 nitrogen and oxygen atoms in total. The Morgan fingerprint density at radius 2 is 1.46 bits per heavy atom. The van der Waals surface area contributed by atoms with Crippen LogP contribution in [0.3, 0.4) is 0 Å². The van der Waals surface area contributed by atoms with Gasteiger partial charge in [0.05, 0.1) is 8.80 Å². The van der Waals surface area contributed by atoms with Crippen molar-refractivity contribution in [2.75, 3.05) is 0 Å². The first-order valence-electron chi connectivity index (χ1n) is 5.58. The van der Waals surface area contributed by atoms with E-state index in [1.807, 2.05) is 0 Å². The van der Waals surface area contributed by atoms with Crippen LogP contribution in [0, 0.1) is 0 Å². The Morgan fingerprint density at radius 3 is 1.85 bits per heavy atom. The lowest BCUT2D eigenvalue weighted by atomic mass is 9.99. The molecule has 0 unspecified atom stereocenters. The second kappa shape index (κ2) is 4.80. The summed E-state index contributed by atoms with van der Waals surface area (Å²) in [6.45, 7) is 7.12. The van der Waals surface area contributed by atoms with Crippen molar-refractivity contribution in [2.24, 2.45) is 0 Å². The van der Waals surface area contributed by atoms with Gasteiger partial charge in [0.15, 0.2) is 0 Å². The third-order valence-corrected chi connectivity index (χ3v) is 6.66. The molecule has 0 atom stereocenters. The van der Waals surface area contributed by atoms with Gasteiger partial charge < -0.3 is 0 Å². The van der Waals surface area contributed by atoms with E-state index in [4.69, 9.17) is 0 Å². The van der Waals surface area contributed by atoms with E-state index in [0.717, 1.165) is 0 Å². The van der Waals surface area contributed by atoms with Crippen molar-refractivity contribution in [3.8, 4) is 0 Å². The van der Waals surface area contributed by atoms with Gasteiger partial charge in [-0.25, -0.2) is 0 Å². The highest BCUT2D eigenvalue weighted by Crippen LogP contribution is 2.41. The minimum Gasteiger partial charge on any atom is -0.0930 e. The zero-order valence-electron chi connectivity index (χ0n) is 9.22. The fourth-order valence-electron chi connectivity index (χ4n) is 2.50. The minimum atomic E-state index is -0.707. The largest absolute Gasteiger partial charge is 0.0930 e. The molecule has 0 aromatic rings. The number of hydrogen-bond acceptors (Lipinski definition) is 0. The monoisotopic (exact) mass is 194 g/mol. The topological polar surface area (TPSA) is 0 Å². The second-order valence-corrected chi connectivity index (χ2v) is 7.66. The molecule has 0 bridgehead atoms. The normalized spacial score (nSPS) is 17.2. The van der Waals surface area contributed by atoms with Gasteiger partial charge in [-0.2, -0.15) is 0 Å². The van der Waals surface area contributed by atoms with Crippen molar-refractivity contribution in [1.82, 2.24) is 0 Å². The average molecular weight is 194 g/mol. The Morgan fingerprint density at radius 1 is 1.00 bits per heavy atom. The smallest absolute Gasteiger partial charge is 0.0910 e. The van der Waals surface area contributed by atoms with Crippen molar-refractivity contribution in [2.45, 2.75) is 51.5 Å². The summed E-state index contributed by atoms with van der Waals surface area (Å²) in [5.74, 6) is 0. The van der Waals surface area contributed by atoms with E-state index in [-0.39, 0.29) is 0 Å². The van der Waals surface area contributed by atoms with Crippen LogP contribution in [0.15, 0.2) is 23.6 Å². The molecule has 13 heavy (non-hydrogen) atoms. The lowest BCUT2D eigenvalue weighted by Gasteiger charge is -2.32. The molecule has 0 aliphatic carbocycles. The van der Waals surface area contributed by atoms with Crippen LogP contribution in [0.4, 0.5) is 0 Å². The third kappa shape index (κ3) is 2.57. The Bertz CT molecular complexity index is 185. The maximum Gasteiger partial charge on any atom is 0.0910 e. The van der Waals surface area contributed by atoms with Crippen molar-refractivity contribution in [3.63, 3.8) is 0 Å². The summed E-state index contributed by atoms with van der Waals surface area (Å²) in [4.78, 5) is 0. The van der Waals surface area contributed by atoms with Crippen LogP contribution >= 0.6 is 0 Å². The minimum absolute atomic E-state index is 0.646. The predicted octanol–water partition coefficient (Wildman–Crippen LogP) is 3.78. The molecule has 0 spiro atoms. The van der Waals surface area contributed by atoms with E-state index in [1.165, 1.54) is 25.7 Å². The standard InChI is InChI=1S/C12H22Si/c1-4-8-12(3,9-5-2)13-10-6-7-11-13/h6-7,10-11,13H,4-5,8-9H2,1-3H3. The first-order valence-corrected chi connectivity index (χ1v) is 7.49. The molecule has 0 aromatic heterocycles. The summed E-state index contributed by atoms with van der Waals surface area (Å²) in [7, 11) is -0.707. The Labute approximate surface area is 84.3 Å². The lowest BCUT2D eigenvalue weighted by Crippen LogP contribution is -2.26. The summed E-state index contributed by atoms with van der Waals surface area (Å²) < 4.78 is 0. The SMILES string of the molecule is CCCC(C)(CCC)[SiH]1C=CC=C1. The van der Waals surface area contributed by atoms with Crippen LogP contribution in [0.5, 0.6) is 0 Å². The fourth-order valence-corrected chi connectivity index (χ4v) is 5.53. The van der Waals surface area contributed by atoms with Crippen LogP contribution in [-0.4, -0.2) is 8.80 Å². The van der Waals surface area contributed by atoms with Crippen LogP contribution in [0.25, 0.3) is 0 Å². The maximum atomic E-state index is 2.50. The molecule has 0 radical (unpaired) electrons. The molecule has 0 N–H and O–H groups in total. The highest BCUT2D eigenvalue weighted by Gasteiger charge is 2.31. The molecule has 0 saturated heterocycles. The Kier molecular flexibility index (Phi) is 3.98. The van der Waals surface area contributed by atoms with Gasteiger partial charge in [-0.15, -0.1) is 0 Å². The molecule has 74 valence electrons. The second-order valence-electron chi connectivity index (χ2n) is 4.45. The van der Waals surface area contributed by atoms with Crippen LogP contribution < -0.4 is 0 Å². The molecular formula is C12H22Si. The molecule has 0 amide bonds. The van der Waals surface area contributed by atoms with Gasteiger partial charge in [-0.05, 0) is 5.04 Å². The highest BCUT2D eigenvalue weighted by atomic mass is 28.3. The van der Waals surface area contributed by atoms with E-state index in [0.29, 0.717) is 5.04 Å². The first-order chi connectivity index (χ1) is 6.23. The third-order valence-electron chi connectivity index (χ3n) is 3.19. The van der Waals surface area contributed by atoms with E-state index < -0.39 is 8.80 Å². The molecule has 1 aliphatic rings. The van der Waals surface area contributed by atoms with Crippen molar-refractivity contribution in [1.29, 1.82) is 0 Å². The fraction of sp³-hybridized carbons (Fsp3) is 0.667. The molecule has 0 saturated carbocycles. The summed E-state index contributed by atoms with van der Waals surface area (Å²) in [6, 6.07) is 0. The molecule has 0 fully saturated rings. The van der Waals surface area contributed by atoms with E-state index in [1.54, 1.807) is 0 Å². The van der Waals surface area contributed by atoms with Crippen molar-refractivity contribution in [3.05, 3.63) is 23.6 Å². The van der Waals surface area contributed by atoms with Gasteiger partial charge in [-0.1, -0.05) is 70.0 Å². The first kappa shape index (κ1) is 10.8. The predicted molar refractivity (Wildman–Crippen MR) is 63.6 cm³/mol. The zero-order chi connectivity index (χ0) is 9.73. The number of rotatable bonds is 5. The molecule has 1 heteroatoms. The van der Waals surface area contributed by atoms with Crippen molar-refractivity contribution >= 4 is 8.80 Å².